The number of rotatable bonds is 8. The Morgan fingerprint density at radius 2 is 1.88 bits per heavy atom. The number of alkyl halides is 3. The Morgan fingerprint density at radius 3 is 2.48 bits per heavy atom. The van der Waals surface area contributed by atoms with Crippen molar-refractivity contribution in [1.29, 1.82) is 0 Å². The van der Waals surface area contributed by atoms with Crippen LogP contribution in [0.5, 0.6) is 0 Å². The number of para-hydroxylation sites is 1. The van der Waals surface area contributed by atoms with E-state index in [4.69, 9.17) is 11.6 Å². The number of anilines is 1. The van der Waals surface area contributed by atoms with Crippen LogP contribution < -0.4 is 5.32 Å². The molecular formula is C22H23ClF3N5OS. The second kappa shape index (κ2) is 10.6. The minimum Gasteiger partial charge on any atom is -0.325 e. The van der Waals surface area contributed by atoms with Gasteiger partial charge in [0, 0.05) is 10.7 Å². The first-order valence-corrected chi connectivity index (χ1v) is 11.4. The first-order chi connectivity index (χ1) is 15.6. The fourth-order valence-electron chi connectivity index (χ4n) is 3.37. The quantitative estimate of drug-likeness (QED) is 0.405. The van der Waals surface area contributed by atoms with E-state index in [1.54, 1.807) is 0 Å². The highest BCUT2D eigenvalue weighted by Gasteiger charge is 2.34. The number of carbonyl (C=O) groups is 1. The number of amides is 1. The number of aromatic nitrogens is 3. The zero-order valence-electron chi connectivity index (χ0n) is 18.2. The topological polar surface area (TPSA) is 63.1 Å². The maximum atomic E-state index is 13.3. The molecule has 0 spiro atoms. The van der Waals surface area contributed by atoms with Gasteiger partial charge in [-0.2, -0.15) is 13.2 Å². The molecule has 0 aliphatic rings. The Balaban J connectivity index is 1.84. The van der Waals surface area contributed by atoms with Gasteiger partial charge in [0.05, 0.1) is 23.0 Å². The SMILES string of the molecule is CC[C@@H](c1nnc(SCC(=O)Nc2ccc(Cl)cc2C(F)(F)F)n1-c1ccccc1)N(C)C. The molecule has 0 aliphatic heterocycles. The fraction of sp³-hybridized carbons (Fsp3) is 0.318. The number of thioether (sulfide) groups is 1. The molecule has 1 aromatic heterocycles. The second-order valence-electron chi connectivity index (χ2n) is 7.42. The van der Waals surface area contributed by atoms with Crippen LogP contribution in [0.4, 0.5) is 18.9 Å². The molecule has 0 saturated carbocycles. The van der Waals surface area contributed by atoms with Crippen molar-refractivity contribution in [2.45, 2.75) is 30.7 Å². The van der Waals surface area contributed by atoms with E-state index in [-0.39, 0.29) is 22.5 Å². The van der Waals surface area contributed by atoms with Gasteiger partial charge >= 0.3 is 6.18 Å². The standard InChI is InChI=1S/C22H23ClF3N5OS/c1-4-18(30(2)3)20-28-29-21(31(20)15-8-6-5-7-9-15)33-13-19(32)27-17-11-10-14(23)12-16(17)22(24,25)26/h5-12,18H,4,13H2,1-3H3,(H,27,32)/t18-/m0/s1. The van der Waals surface area contributed by atoms with Gasteiger partial charge in [-0.25, -0.2) is 0 Å². The minimum absolute atomic E-state index is 0.00991. The van der Waals surface area contributed by atoms with Gasteiger partial charge in [0.15, 0.2) is 11.0 Å². The van der Waals surface area contributed by atoms with E-state index >= 15 is 0 Å². The predicted octanol–water partition coefficient (Wildman–Crippen LogP) is 5.68. The molecule has 11 heteroatoms. The van der Waals surface area contributed by atoms with Crippen LogP contribution in [0.15, 0.2) is 53.7 Å². The fourth-order valence-corrected chi connectivity index (χ4v) is 4.30. The second-order valence-corrected chi connectivity index (χ2v) is 8.80. The first-order valence-electron chi connectivity index (χ1n) is 10.1. The van der Waals surface area contributed by atoms with E-state index in [1.807, 2.05) is 60.8 Å². The highest BCUT2D eigenvalue weighted by molar-refractivity contribution is 7.99. The number of carbonyl (C=O) groups excluding carboxylic acids is 1. The molecule has 0 unspecified atom stereocenters. The van der Waals surface area contributed by atoms with Gasteiger partial charge in [0.25, 0.3) is 0 Å². The Hall–Kier alpha value is -2.56. The summed E-state index contributed by atoms with van der Waals surface area (Å²) >= 11 is 6.80. The largest absolute Gasteiger partial charge is 0.418 e. The lowest BCUT2D eigenvalue weighted by Gasteiger charge is -2.23. The summed E-state index contributed by atoms with van der Waals surface area (Å²) < 4.78 is 41.8. The van der Waals surface area contributed by atoms with Crippen molar-refractivity contribution < 1.29 is 18.0 Å². The summed E-state index contributed by atoms with van der Waals surface area (Å²) in [5.74, 6) is -0.0331. The number of nitrogens with zero attached hydrogens (tertiary/aromatic N) is 4. The molecule has 2 aromatic carbocycles. The zero-order valence-corrected chi connectivity index (χ0v) is 19.8. The molecule has 0 bridgehead atoms. The predicted molar refractivity (Wildman–Crippen MR) is 124 cm³/mol. The van der Waals surface area contributed by atoms with E-state index in [9.17, 15) is 18.0 Å². The Labute approximate surface area is 199 Å². The van der Waals surface area contributed by atoms with Gasteiger partial charge in [0.1, 0.15) is 0 Å². The maximum absolute atomic E-state index is 13.3. The molecule has 176 valence electrons. The van der Waals surface area contributed by atoms with Crippen molar-refractivity contribution in [1.82, 2.24) is 19.7 Å². The summed E-state index contributed by atoms with van der Waals surface area (Å²) in [7, 11) is 3.89. The summed E-state index contributed by atoms with van der Waals surface area (Å²) in [5, 5.41) is 11.4. The number of hydrogen-bond acceptors (Lipinski definition) is 5. The summed E-state index contributed by atoms with van der Waals surface area (Å²) in [5.41, 5.74) is -0.515. The highest BCUT2D eigenvalue weighted by atomic mass is 35.5. The van der Waals surface area contributed by atoms with Crippen LogP contribution in [0.2, 0.25) is 5.02 Å². The molecule has 33 heavy (non-hydrogen) atoms. The minimum atomic E-state index is -4.65. The molecule has 3 aromatic rings. The summed E-state index contributed by atoms with van der Waals surface area (Å²) in [6, 6.07) is 12.7. The van der Waals surface area contributed by atoms with Gasteiger partial charge in [-0.1, -0.05) is 48.5 Å². The van der Waals surface area contributed by atoms with E-state index in [2.05, 4.69) is 15.5 Å². The van der Waals surface area contributed by atoms with Crippen LogP contribution in [0.25, 0.3) is 5.69 Å². The lowest BCUT2D eigenvalue weighted by molar-refractivity contribution is -0.137. The number of benzene rings is 2. The average Bonchev–Trinajstić information content (AvgIpc) is 3.17. The summed E-state index contributed by atoms with van der Waals surface area (Å²) in [4.78, 5) is 14.5. The van der Waals surface area contributed by atoms with Crippen LogP contribution in [0, 0.1) is 0 Å². The van der Waals surface area contributed by atoms with Crippen LogP contribution in [-0.4, -0.2) is 45.4 Å². The normalized spacial score (nSPS) is 12.7. The Kier molecular flexibility index (Phi) is 8.04. The van der Waals surface area contributed by atoms with Crippen molar-refractivity contribution in [3.05, 3.63) is 64.9 Å². The van der Waals surface area contributed by atoms with Crippen molar-refractivity contribution >= 4 is 35.0 Å². The number of nitrogens with one attached hydrogen (secondary N) is 1. The van der Waals surface area contributed by atoms with Crippen molar-refractivity contribution in [3.63, 3.8) is 0 Å². The van der Waals surface area contributed by atoms with Crippen LogP contribution in [-0.2, 0) is 11.0 Å². The smallest absolute Gasteiger partial charge is 0.325 e. The third kappa shape index (κ3) is 6.07. The van der Waals surface area contributed by atoms with Gasteiger partial charge in [-0.3, -0.25) is 14.3 Å². The molecule has 1 amide bonds. The van der Waals surface area contributed by atoms with Gasteiger partial charge in [-0.05, 0) is 50.8 Å². The Bertz CT molecular complexity index is 1110. The molecule has 0 aliphatic carbocycles. The van der Waals surface area contributed by atoms with Crippen LogP contribution >= 0.6 is 23.4 Å². The molecule has 1 N–H and O–H groups in total. The van der Waals surface area contributed by atoms with Gasteiger partial charge in [-0.15, -0.1) is 10.2 Å². The molecule has 0 saturated heterocycles. The Morgan fingerprint density at radius 1 is 1.18 bits per heavy atom. The van der Waals surface area contributed by atoms with Crippen molar-refractivity contribution in [3.8, 4) is 5.69 Å². The lowest BCUT2D eigenvalue weighted by atomic mass is 10.1. The maximum Gasteiger partial charge on any atom is 0.418 e. The van der Waals surface area contributed by atoms with E-state index in [0.717, 1.165) is 36.0 Å². The zero-order chi connectivity index (χ0) is 24.2. The molecule has 0 fully saturated rings. The molecular weight excluding hydrogens is 475 g/mol. The molecule has 0 radical (unpaired) electrons. The van der Waals surface area contributed by atoms with Gasteiger partial charge < -0.3 is 5.32 Å². The lowest BCUT2D eigenvalue weighted by Crippen LogP contribution is -2.23. The van der Waals surface area contributed by atoms with Crippen LogP contribution in [0.3, 0.4) is 0 Å². The van der Waals surface area contributed by atoms with Crippen molar-refractivity contribution in [2.75, 3.05) is 25.2 Å². The van der Waals surface area contributed by atoms with E-state index in [1.165, 1.54) is 6.07 Å². The van der Waals surface area contributed by atoms with E-state index in [0.29, 0.717) is 11.0 Å². The van der Waals surface area contributed by atoms with Crippen molar-refractivity contribution in [2.24, 2.45) is 0 Å². The summed E-state index contributed by atoms with van der Waals surface area (Å²) in [6.07, 6.45) is -3.86. The first kappa shape index (κ1) is 25.1. The summed E-state index contributed by atoms with van der Waals surface area (Å²) in [6.45, 7) is 2.04. The number of halogens is 4. The van der Waals surface area contributed by atoms with Gasteiger partial charge in [0.2, 0.25) is 5.91 Å². The third-order valence-corrected chi connectivity index (χ3v) is 6.04. The number of hydrogen-bond donors (Lipinski definition) is 1. The van der Waals surface area contributed by atoms with Crippen LogP contribution in [0.1, 0.15) is 30.8 Å². The molecule has 1 heterocycles. The monoisotopic (exact) mass is 497 g/mol. The average molecular weight is 498 g/mol. The highest BCUT2D eigenvalue weighted by Crippen LogP contribution is 2.36. The molecule has 3 rings (SSSR count). The molecule has 1 atom stereocenters. The third-order valence-electron chi connectivity index (χ3n) is 4.87. The molecule has 6 nitrogen and oxygen atoms in total. The van der Waals surface area contributed by atoms with E-state index < -0.39 is 17.6 Å².